The molecule has 0 aromatic heterocycles. The lowest BCUT2D eigenvalue weighted by Crippen LogP contribution is -2.33. The number of carbonyl (C=O) groups is 2. The maximum atomic E-state index is 13.2. The fourth-order valence-corrected chi connectivity index (χ4v) is 2.45. The summed E-state index contributed by atoms with van der Waals surface area (Å²) >= 11 is 0.785. The molecule has 2 amide bonds. The summed E-state index contributed by atoms with van der Waals surface area (Å²) in [5, 5.41) is 8.68. The average molecular weight is 282 g/mol. The maximum absolute atomic E-state index is 13.2. The SMILES string of the molecule is NCCN1C(=O)S/C(=C/c2ccc(O)c(F)c2)C1=O. The Bertz CT molecular complexity index is 574. The van der Waals surface area contributed by atoms with Gasteiger partial charge in [0, 0.05) is 13.1 Å². The Kier molecular flexibility index (Phi) is 3.87. The monoisotopic (exact) mass is 282 g/mol. The minimum Gasteiger partial charge on any atom is -0.505 e. The highest BCUT2D eigenvalue weighted by atomic mass is 32.2. The molecule has 0 atom stereocenters. The number of phenols is 1. The number of nitrogens with two attached hydrogens (primary N) is 1. The van der Waals surface area contributed by atoms with Crippen LogP contribution >= 0.6 is 11.8 Å². The molecule has 1 aliphatic rings. The summed E-state index contributed by atoms with van der Waals surface area (Å²) in [5.74, 6) is -1.68. The van der Waals surface area contributed by atoms with Gasteiger partial charge in [-0.05, 0) is 35.5 Å². The zero-order valence-electron chi connectivity index (χ0n) is 9.80. The molecule has 5 nitrogen and oxygen atoms in total. The van der Waals surface area contributed by atoms with Crippen molar-refractivity contribution in [1.29, 1.82) is 0 Å². The summed E-state index contributed by atoms with van der Waals surface area (Å²) in [6, 6.07) is 3.73. The summed E-state index contributed by atoms with van der Waals surface area (Å²) in [7, 11) is 0. The molecule has 0 radical (unpaired) electrons. The zero-order valence-corrected chi connectivity index (χ0v) is 10.6. The topological polar surface area (TPSA) is 83.6 Å². The van der Waals surface area contributed by atoms with Crippen molar-refractivity contribution < 1.29 is 19.1 Å². The highest BCUT2D eigenvalue weighted by Gasteiger charge is 2.34. The molecule has 1 aromatic carbocycles. The Morgan fingerprint density at radius 2 is 2.16 bits per heavy atom. The normalized spacial score (nSPS) is 17.6. The Balaban J connectivity index is 2.27. The van der Waals surface area contributed by atoms with E-state index in [-0.39, 0.29) is 23.2 Å². The number of rotatable bonds is 3. The standard InChI is InChI=1S/C12H11FN2O3S/c13-8-5-7(1-2-9(8)16)6-10-11(17)15(4-3-14)12(18)19-10/h1-2,5-6,16H,3-4,14H2/b10-6+. The van der Waals surface area contributed by atoms with E-state index >= 15 is 0 Å². The summed E-state index contributed by atoms with van der Waals surface area (Å²) in [6.45, 7) is 0.352. The van der Waals surface area contributed by atoms with Gasteiger partial charge >= 0.3 is 0 Å². The molecule has 3 N–H and O–H groups in total. The largest absolute Gasteiger partial charge is 0.505 e. The van der Waals surface area contributed by atoms with Crippen molar-refractivity contribution in [3.63, 3.8) is 0 Å². The van der Waals surface area contributed by atoms with Gasteiger partial charge in [0.15, 0.2) is 11.6 Å². The van der Waals surface area contributed by atoms with E-state index in [0.717, 1.165) is 22.7 Å². The molecule has 7 heteroatoms. The number of carbonyl (C=O) groups excluding carboxylic acids is 2. The van der Waals surface area contributed by atoms with E-state index in [0.29, 0.717) is 5.56 Å². The van der Waals surface area contributed by atoms with Crippen LogP contribution in [0.25, 0.3) is 6.08 Å². The van der Waals surface area contributed by atoms with Gasteiger partial charge in [-0.1, -0.05) is 6.07 Å². The van der Waals surface area contributed by atoms with Crippen LogP contribution in [0.5, 0.6) is 5.75 Å². The third-order valence-electron chi connectivity index (χ3n) is 2.50. The van der Waals surface area contributed by atoms with Crippen LogP contribution in [0.2, 0.25) is 0 Å². The van der Waals surface area contributed by atoms with Crippen molar-refractivity contribution in [2.45, 2.75) is 0 Å². The number of nitrogens with zero attached hydrogens (tertiary/aromatic N) is 1. The third-order valence-corrected chi connectivity index (χ3v) is 3.40. The molecule has 1 saturated heterocycles. The van der Waals surface area contributed by atoms with Crippen molar-refractivity contribution in [3.8, 4) is 5.75 Å². The quantitative estimate of drug-likeness (QED) is 0.821. The third kappa shape index (κ3) is 2.77. The maximum Gasteiger partial charge on any atom is 0.293 e. The van der Waals surface area contributed by atoms with Gasteiger partial charge in [-0.15, -0.1) is 0 Å². The zero-order chi connectivity index (χ0) is 14.0. The van der Waals surface area contributed by atoms with Crippen LogP contribution in [-0.2, 0) is 4.79 Å². The van der Waals surface area contributed by atoms with Gasteiger partial charge in [-0.3, -0.25) is 14.5 Å². The first-order valence-electron chi connectivity index (χ1n) is 5.47. The van der Waals surface area contributed by atoms with Crippen LogP contribution in [0.4, 0.5) is 9.18 Å². The molecular formula is C12H11FN2O3S. The lowest BCUT2D eigenvalue weighted by molar-refractivity contribution is -0.122. The van der Waals surface area contributed by atoms with Crippen molar-refractivity contribution >= 4 is 29.0 Å². The van der Waals surface area contributed by atoms with Gasteiger partial charge < -0.3 is 10.8 Å². The number of thioether (sulfide) groups is 1. The molecule has 19 heavy (non-hydrogen) atoms. The number of hydrogen-bond donors (Lipinski definition) is 2. The van der Waals surface area contributed by atoms with Crippen molar-refractivity contribution in [1.82, 2.24) is 4.90 Å². The average Bonchev–Trinajstić information content (AvgIpc) is 2.62. The van der Waals surface area contributed by atoms with Crippen LogP contribution in [-0.4, -0.2) is 34.2 Å². The first kappa shape index (κ1) is 13.6. The summed E-state index contributed by atoms with van der Waals surface area (Å²) < 4.78 is 13.2. The number of hydrogen-bond acceptors (Lipinski definition) is 5. The molecule has 1 fully saturated rings. The molecule has 100 valence electrons. The molecule has 0 unspecified atom stereocenters. The van der Waals surface area contributed by atoms with Crippen LogP contribution < -0.4 is 5.73 Å². The molecular weight excluding hydrogens is 271 g/mol. The number of aromatic hydroxyl groups is 1. The Hall–Kier alpha value is -1.86. The Labute approximate surface area is 112 Å². The summed E-state index contributed by atoms with van der Waals surface area (Å²) in [5.41, 5.74) is 5.71. The molecule has 1 aromatic rings. The molecule has 0 aliphatic carbocycles. The van der Waals surface area contributed by atoms with Gasteiger partial charge in [-0.2, -0.15) is 0 Å². The van der Waals surface area contributed by atoms with Gasteiger partial charge in [0.2, 0.25) is 0 Å². The Morgan fingerprint density at radius 1 is 1.42 bits per heavy atom. The van der Waals surface area contributed by atoms with E-state index in [9.17, 15) is 14.0 Å². The predicted octanol–water partition coefficient (Wildman–Crippen LogP) is 1.53. The van der Waals surface area contributed by atoms with Gasteiger partial charge in [0.05, 0.1) is 4.91 Å². The molecule has 0 saturated carbocycles. The fraction of sp³-hybridized carbons (Fsp3) is 0.167. The highest BCUT2D eigenvalue weighted by Crippen LogP contribution is 2.32. The first-order chi connectivity index (χ1) is 9.02. The van der Waals surface area contributed by atoms with Crippen LogP contribution in [0.3, 0.4) is 0 Å². The van der Waals surface area contributed by atoms with E-state index in [2.05, 4.69) is 0 Å². The van der Waals surface area contributed by atoms with Gasteiger partial charge in [-0.25, -0.2) is 4.39 Å². The van der Waals surface area contributed by atoms with Gasteiger partial charge in [0.1, 0.15) is 0 Å². The number of amides is 2. The molecule has 0 spiro atoms. The van der Waals surface area contributed by atoms with E-state index in [1.54, 1.807) is 0 Å². The minimum atomic E-state index is -0.782. The minimum absolute atomic E-state index is 0.159. The molecule has 2 rings (SSSR count). The lowest BCUT2D eigenvalue weighted by atomic mass is 10.2. The summed E-state index contributed by atoms with van der Waals surface area (Å²) in [4.78, 5) is 24.7. The number of imide groups is 1. The number of phenolic OH excluding ortho intramolecular Hbond substituents is 1. The number of halogens is 1. The smallest absolute Gasteiger partial charge is 0.293 e. The summed E-state index contributed by atoms with van der Waals surface area (Å²) in [6.07, 6.45) is 1.41. The highest BCUT2D eigenvalue weighted by molar-refractivity contribution is 8.18. The molecule has 1 heterocycles. The second-order valence-corrected chi connectivity index (χ2v) is 4.83. The van der Waals surface area contributed by atoms with Crippen LogP contribution in [0, 0.1) is 5.82 Å². The van der Waals surface area contributed by atoms with E-state index in [4.69, 9.17) is 10.8 Å². The van der Waals surface area contributed by atoms with E-state index < -0.39 is 17.5 Å². The second-order valence-electron chi connectivity index (χ2n) is 3.83. The van der Waals surface area contributed by atoms with Gasteiger partial charge in [0.25, 0.3) is 11.1 Å². The van der Waals surface area contributed by atoms with Crippen LogP contribution in [0.15, 0.2) is 23.1 Å². The molecule has 0 bridgehead atoms. The van der Waals surface area contributed by atoms with Crippen molar-refractivity contribution in [2.75, 3.05) is 13.1 Å². The van der Waals surface area contributed by atoms with Crippen LogP contribution in [0.1, 0.15) is 5.56 Å². The number of benzene rings is 1. The van der Waals surface area contributed by atoms with E-state index in [1.165, 1.54) is 18.2 Å². The Morgan fingerprint density at radius 3 is 2.79 bits per heavy atom. The fourth-order valence-electron chi connectivity index (χ4n) is 1.59. The van der Waals surface area contributed by atoms with Crippen molar-refractivity contribution in [3.05, 3.63) is 34.5 Å². The second kappa shape index (κ2) is 5.41. The lowest BCUT2D eigenvalue weighted by Gasteiger charge is -2.09. The van der Waals surface area contributed by atoms with E-state index in [1.807, 2.05) is 0 Å². The van der Waals surface area contributed by atoms with Crippen molar-refractivity contribution in [2.24, 2.45) is 5.73 Å². The first-order valence-corrected chi connectivity index (χ1v) is 6.28. The molecule has 1 aliphatic heterocycles. The predicted molar refractivity (Wildman–Crippen MR) is 69.8 cm³/mol.